The van der Waals surface area contributed by atoms with Gasteiger partial charge in [-0.25, -0.2) is 9.59 Å². The van der Waals surface area contributed by atoms with Crippen molar-refractivity contribution in [3.05, 3.63) is 0 Å². The summed E-state index contributed by atoms with van der Waals surface area (Å²) in [4.78, 5) is 22.4. The second-order valence-corrected chi connectivity index (χ2v) is 5.66. The van der Waals surface area contributed by atoms with E-state index in [1.54, 1.807) is 41.5 Å². The molecule has 0 radical (unpaired) electrons. The molecule has 0 aliphatic rings. The van der Waals surface area contributed by atoms with Gasteiger partial charge in [0, 0.05) is 0 Å². The van der Waals surface area contributed by atoms with Crippen LogP contribution in [0.5, 0.6) is 0 Å². The number of hydrogen-bond donors (Lipinski definition) is 2. The largest absolute Gasteiger partial charge is 0.453 e. The molecule has 8 heteroatoms. The van der Waals surface area contributed by atoms with E-state index in [0.29, 0.717) is 0 Å². The van der Waals surface area contributed by atoms with Crippen molar-refractivity contribution in [1.29, 1.82) is 5.41 Å². The number of ether oxygens (including phenoxy) is 2. The van der Waals surface area contributed by atoms with Crippen molar-refractivity contribution >= 4 is 18.1 Å². The summed E-state index contributed by atoms with van der Waals surface area (Å²) >= 11 is 0. The van der Waals surface area contributed by atoms with Gasteiger partial charge in [-0.2, -0.15) is 0 Å². The fraction of sp³-hybridized carbons (Fsp3) is 0.727. The standard InChI is InChI=1S/C11H20N4O4/c1-10(2,3)18-8(16)13-7(12)14-15-9(17)19-11(4,5)6/h1-6H3,(H2,12,13,16). The van der Waals surface area contributed by atoms with E-state index in [-0.39, 0.29) is 0 Å². The molecule has 2 amide bonds. The Bertz CT molecular complexity index is 390. The van der Waals surface area contributed by atoms with Gasteiger partial charge in [-0.1, -0.05) is 5.11 Å². The molecular weight excluding hydrogens is 252 g/mol. The third kappa shape index (κ3) is 10.9. The van der Waals surface area contributed by atoms with Crippen LogP contribution in [0, 0.1) is 5.41 Å². The van der Waals surface area contributed by atoms with E-state index in [1.165, 1.54) is 0 Å². The molecule has 0 saturated carbocycles. The van der Waals surface area contributed by atoms with E-state index in [0.717, 1.165) is 0 Å². The zero-order valence-electron chi connectivity index (χ0n) is 12.0. The van der Waals surface area contributed by atoms with Gasteiger partial charge in [0.05, 0.1) is 0 Å². The predicted molar refractivity (Wildman–Crippen MR) is 68.2 cm³/mol. The molecule has 108 valence electrons. The van der Waals surface area contributed by atoms with Gasteiger partial charge in [0.2, 0.25) is 5.96 Å². The van der Waals surface area contributed by atoms with E-state index in [2.05, 4.69) is 10.2 Å². The fourth-order valence-electron chi connectivity index (χ4n) is 0.798. The van der Waals surface area contributed by atoms with Gasteiger partial charge in [0.1, 0.15) is 11.2 Å². The monoisotopic (exact) mass is 272 g/mol. The van der Waals surface area contributed by atoms with E-state index >= 15 is 0 Å². The van der Waals surface area contributed by atoms with Gasteiger partial charge in [-0.05, 0) is 41.5 Å². The minimum absolute atomic E-state index is 0.611. The molecule has 0 aromatic carbocycles. The maximum atomic E-state index is 11.3. The summed E-state index contributed by atoms with van der Waals surface area (Å²) in [7, 11) is 0. The highest BCUT2D eigenvalue weighted by Gasteiger charge is 2.18. The van der Waals surface area contributed by atoms with Crippen molar-refractivity contribution in [3.63, 3.8) is 0 Å². The number of amides is 2. The van der Waals surface area contributed by atoms with E-state index in [9.17, 15) is 9.59 Å². The SMILES string of the molecule is CC(C)(C)OC(=O)N=NC(=N)NC(=O)OC(C)(C)C. The number of alkyl carbamates (subject to hydrolysis) is 1. The lowest BCUT2D eigenvalue weighted by Gasteiger charge is -2.19. The molecule has 0 aliphatic heterocycles. The van der Waals surface area contributed by atoms with Crippen LogP contribution >= 0.6 is 0 Å². The van der Waals surface area contributed by atoms with Gasteiger partial charge >= 0.3 is 12.2 Å². The van der Waals surface area contributed by atoms with Crippen molar-refractivity contribution in [1.82, 2.24) is 5.32 Å². The summed E-state index contributed by atoms with van der Waals surface area (Å²) in [5, 5.41) is 15.6. The quantitative estimate of drug-likeness (QED) is 0.401. The van der Waals surface area contributed by atoms with Gasteiger partial charge < -0.3 is 9.47 Å². The fourth-order valence-corrected chi connectivity index (χ4v) is 0.798. The Morgan fingerprint density at radius 2 is 1.42 bits per heavy atom. The predicted octanol–water partition coefficient (Wildman–Crippen LogP) is 2.83. The van der Waals surface area contributed by atoms with Crippen LogP contribution in [0.2, 0.25) is 0 Å². The maximum absolute atomic E-state index is 11.3. The number of nitrogens with zero attached hydrogens (tertiary/aromatic N) is 2. The van der Waals surface area contributed by atoms with Crippen LogP contribution in [-0.2, 0) is 9.47 Å². The van der Waals surface area contributed by atoms with Gasteiger partial charge in [-0.15, -0.1) is 5.11 Å². The van der Waals surface area contributed by atoms with E-state index in [4.69, 9.17) is 14.9 Å². The number of carbonyl (C=O) groups excluding carboxylic acids is 2. The second kappa shape index (κ2) is 6.26. The highest BCUT2D eigenvalue weighted by atomic mass is 16.6. The Balaban J connectivity index is 4.25. The summed E-state index contributed by atoms with van der Waals surface area (Å²) in [6, 6.07) is 0. The molecule has 0 aromatic heterocycles. The van der Waals surface area contributed by atoms with Crippen LogP contribution in [0.3, 0.4) is 0 Å². The van der Waals surface area contributed by atoms with Gasteiger partial charge in [0.25, 0.3) is 0 Å². The summed E-state index contributed by atoms with van der Waals surface area (Å²) in [5.74, 6) is -0.611. The van der Waals surface area contributed by atoms with Crippen LogP contribution in [0.25, 0.3) is 0 Å². The zero-order valence-corrected chi connectivity index (χ0v) is 12.0. The molecule has 8 nitrogen and oxygen atoms in total. The summed E-state index contributed by atoms with van der Waals surface area (Å²) in [5.41, 5.74) is -1.39. The summed E-state index contributed by atoms with van der Waals surface area (Å²) in [6.45, 7) is 10.1. The molecule has 0 unspecified atom stereocenters. The van der Waals surface area contributed by atoms with Crippen LogP contribution in [-0.4, -0.2) is 29.3 Å². The minimum atomic E-state index is -0.941. The molecular formula is C11H20N4O4. The zero-order chi connectivity index (χ0) is 15.3. The molecule has 0 spiro atoms. The second-order valence-electron chi connectivity index (χ2n) is 5.66. The van der Waals surface area contributed by atoms with Crippen molar-refractivity contribution in [2.75, 3.05) is 0 Å². The van der Waals surface area contributed by atoms with Gasteiger partial charge in [-0.3, -0.25) is 10.7 Å². The molecule has 2 N–H and O–H groups in total. The first-order chi connectivity index (χ1) is 8.39. The third-order valence-electron chi connectivity index (χ3n) is 1.24. The molecule has 0 saturated heterocycles. The Morgan fingerprint density at radius 3 is 1.84 bits per heavy atom. The number of nitrogens with one attached hydrogen (secondary N) is 2. The Kier molecular flexibility index (Phi) is 5.60. The molecule has 0 atom stereocenters. The normalized spacial score (nSPS) is 12.1. The van der Waals surface area contributed by atoms with Crippen molar-refractivity contribution < 1.29 is 19.1 Å². The smallest absolute Gasteiger partial charge is 0.444 e. The van der Waals surface area contributed by atoms with E-state index < -0.39 is 29.3 Å². The number of rotatable bonds is 0. The first-order valence-corrected chi connectivity index (χ1v) is 5.62. The summed E-state index contributed by atoms with van der Waals surface area (Å²) in [6.07, 6.45) is -1.79. The minimum Gasteiger partial charge on any atom is -0.444 e. The molecule has 0 heterocycles. The lowest BCUT2D eigenvalue weighted by molar-refractivity contribution is 0.0552. The Morgan fingerprint density at radius 1 is 0.947 bits per heavy atom. The first-order valence-electron chi connectivity index (χ1n) is 5.62. The average molecular weight is 272 g/mol. The van der Waals surface area contributed by atoms with Crippen LogP contribution in [0.4, 0.5) is 9.59 Å². The first kappa shape index (κ1) is 17.0. The molecule has 0 fully saturated rings. The maximum Gasteiger partial charge on any atom is 0.453 e. The lowest BCUT2D eigenvalue weighted by Crippen LogP contribution is -2.35. The van der Waals surface area contributed by atoms with Crippen molar-refractivity contribution in [2.45, 2.75) is 52.7 Å². The van der Waals surface area contributed by atoms with Crippen molar-refractivity contribution in [2.24, 2.45) is 10.2 Å². The highest BCUT2D eigenvalue weighted by Crippen LogP contribution is 2.08. The third-order valence-corrected chi connectivity index (χ3v) is 1.24. The molecule has 0 rings (SSSR count). The van der Waals surface area contributed by atoms with Gasteiger partial charge in [0.15, 0.2) is 0 Å². The lowest BCUT2D eigenvalue weighted by atomic mass is 10.2. The van der Waals surface area contributed by atoms with Crippen LogP contribution in [0.1, 0.15) is 41.5 Å². The number of guanidine groups is 1. The van der Waals surface area contributed by atoms with Crippen LogP contribution in [0.15, 0.2) is 10.2 Å². The number of azo groups is 1. The van der Waals surface area contributed by atoms with Crippen LogP contribution < -0.4 is 5.32 Å². The Hall–Kier alpha value is -1.99. The van der Waals surface area contributed by atoms with E-state index in [1.807, 2.05) is 5.32 Å². The molecule has 0 bridgehead atoms. The molecule has 19 heavy (non-hydrogen) atoms. The highest BCUT2D eigenvalue weighted by molar-refractivity contribution is 5.92. The van der Waals surface area contributed by atoms with Crippen molar-refractivity contribution in [3.8, 4) is 0 Å². The summed E-state index contributed by atoms with van der Waals surface area (Å²) < 4.78 is 9.72. The number of carbonyl (C=O) groups is 2. The number of hydrogen-bond acceptors (Lipinski definition) is 5. The average Bonchev–Trinajstić information content (AvgIpc) is 2.08. The molecule has 0 aliphatic carbocycles. The Labute approximate surface area is 112 Å². The molecule has 0 aromatic rings. The topological polar surface area (TPSA) is 113 Å².